The van der Waals surface area contributed by atoms with Crippen LogP contribution in [0, 0.1) is 0 Å². The molecular formula is C25H40N2O3. The summed E-state index contributed by atoms with van der Waals surface area (Å²) in [6.07, 6.45) is 9.50. The van der Waals surface area contributed by atoms with Crippen molar-refractivity contribution in [1.29, 1.82) is 0 Å². The SMILES string of the molecule is COc1ccc(C[C@H]2CN3CCCC3=C(CCCCCC(C)(C)OC)N2)cc1OC. The lowest BCUT2D eigenvalue weighted by Gasteiger charge is -2.36. The second-order valence-electron chi connectivity index (χ2n) is 9.23. The van der Waals surface area contributed by atoms with Crippen molar-refractivity contribution in [3.63, 3.8) is 0 Å². The number of allylic oxidation sites excluding steroid dienone is 2. The number of hydrogen-bond acceptors (Lipinski definition) is 5. The van der Waals surface area contributed by atoms with Gasteiger partial charge >= 0.3 is 0 Å². The van der Waals surface area contributed by atoms with Crippen molar-refractivity contribution in [2.45, 2.75) is 76.9 Å². The summed E-state index contributed by atoms with van der Waals surface area (Å²) in [5.74, 6) is 1.60. The lowest BCUT2D eigenvalue weighted by atomic mass is 9.98. The standard InChI is InChI=1S/C25H40N2O3/c1-25(2,30-5)14-8-6-7-10-21-22-11-9-15-27(22)18-20(26-21)16-19-12-13-23(28-3)24(17-19)29-4/h12-13,17,20,26H,6-11,14-16,18H2,1-5H3/t20-/m0/s1. The fraction of sp³-hybridized carbons (Fsp3) is 0.680. The van der Waals surface area contributed by atoms with Crippen molar-refractivity contribution in [3.05, 3.63) is 35.2 Å². The minimum Gasteiger partial charge on any atom is -0.493 e. The molecule has 5 nitrogen and oxygen atoms in total. The number of fused-ring (bicyclic) bond motifs is 1. The first kappa shape index (κ1) is 22.8. The molecule has 1 fully saturated rings. The molecule has 2 aliphatic heterocycles. The van der Waals surface area contributed by atoms with Gasteiger partial charge in [-0.15, -0.1) is 0 Å². The van der Waals surface area contributed by atoms with Crippen LogP contribution in [-0.4, -0.2) is 51.0 Å². The summed E-state index contributed by atoms with van der Waals surface area (Å²) >= 11 is 0. The van der Waals surface area contributed by atoms with Gasteiger partial charge in [0.2, 0.25) is 0 Å². The van der Waals surface area contributed by atoms with E-state index in [1.54, 1.807) is 19.9 Å². The molecule has 3 rings (SSSR count). The van der Waals surface area contributed by atoms with E-state index in [0.717, 1.165) is 37.3 Å². The average Bonchev–Trinajstić information content (AvgIpc) is 3.22. The molecule has 1 atom stereocenters. The predicted molar refractivity (Wildman–Crippen MR) is 122 cm³/mol. The molecule has 1 aromatic rings. The largest absolute Gasteiger partial charge is 0.493 e. The van der Waals surface area contributed by atoms with Gasteiger partial charge in [0.15, 0.2) is 11.5 Å². The normalized spacial score (nSPS) is 19.0. The molecule has 2 aliphatic rings. The minimum absolute atomic E-state index is 0.00223. The third kappa shape index (κ3) is 5.84. The van der Waals surface area contributed by atoms with Gasteiger partial charge in [-0.3, -0.25) is 0 Å². The van der Waals surface area contributed by atoms with Crippen LogP contribution < -0.4 is 14.8 Å². The van der Waals surface area contributed by atoms with Crippen molar-refractivity contribution >= 4 is 0 Å². The number of nitrogens with zero attached hydrogens (tertiary/aromatic N) is 1. The number of nitrogens with one attached hydrogen (secondary N) is 1. The molecule has 1 saturated heterocycles. The van der Waals surface area contributed by atoms with E-state index < -0.39 is 0 Å². The molecule has 0 radical (unpaired) electrons. The van der Waals surface area contributed by atoms with Gasteiger partial charge < -0.3 is 24.4 Å². The number of rotatable bonds is 11. The van der Waals surface area contributed by atoms with Crippen LogP contribution in [0.25, 0.3) is 0 Å². The van der Waals surface area contributed by atoms with Crippen LogP contribution in [0.3, 0.4) is 0 Å². The number of unbranched alkanes of at least 4 members (excludes halogenated alkanes) is 2. The van der Waals surface area contributed by atoms with Crippen LogP contribution in [0.15, 0.2) is 29.6 Å². The summed E-state index contributed by atoms with van der Waals surface area (Å²) in [6, 6.07) is 6.72. The van der Waals surface area contributed by atoms with Gasteiger partial charge in [-0.05, 0) is 70.1 Å². The number of hydrogen-bond donors (Lipinski definition) is 1. The fourth-order valence-corrected chi connectivity index (χ4v) is 4.67. The van der Waals surface area contributed by atoms with E-state index in [9.17, 15) is 0 Å². The molecule has 0 amide bonds. The Morgan fingerprint density at radius 2 is 1.87 bits per heavy atom. The lowest BCUT2D eigenvalue weighted by molar-refractivity contribution is 0.0134. The molecule has 0 aromatic heterocycles. The monoisotopic (exact) mass is 416 g/mol. The van der Waals surface area contributed by atoms with Crippen molar-refractivity contribution in [1.82, 2.24) is 10.2 Å². The zero-order chi connectivity index (χ0) is 21.6. The van der Waals surface area contributed by atoms with Crippen LogP contribution in [0.4, 0.5) is 0 Å². The third-order valence-electron chi connectivity index (χ3n) is 6.58. The summed E-state index contributed by atoms with van der Waals surface area (Å²) in [7, 11) is 5.19. The Morgan fingerprint density at radius 3 is 2.60 bits per heavy atom. The Hall–Kier alpha value is -1.88. The van der Waals surface area contributed by atoms with E-state index in [1.165, 1.54) is 49.9 Å². The summed E-state index contributed by atoms with van der Waals surface area (Å²) in [5, 5.41) is 3.90. The van der Waals surface area contributed by atoms with Crippen LogP contribution in [0.1, 0.15) is 64.4 Å². The average molecular weight is 417 g/mol. The first-order valence-corrected chi connectivity index (χ1v) is 11.5. The Morgan fingerprint density at radius 1 is 1.07 bits per heavy atom. The van der Waals surface area contributed by atoms with Crippen molar-refractivity contribution in [2.24, 2.45) is 0 Å². The van der Waals surface area contributed by atoms with E-state index in [4.69, 9.17) is 14.2 Å². The molecular weight excluding hydrogens is 376 g/mol. The first-order valence-electron chi connectivity index (χ1n) is 11.5. The Bertz CT molecular complexity index is 729. The topological polar surface area (TPSA) is 43.0 Å². The summed E-state index contributed by atoms with van der Waals surface area (Å²) in [4.78, 5) is 2.62. The van der Waals surface area contributed by atoms with Crippen molar-refractivity contribution < 1.29 is 14.2 Å². The molecule has 0 aliphatic carbocycles. The molecule has 1 aromatic carbocycles. The van der Waals surface area contributed by atoms with E-state index >= 15 is 0 Å². The van der Waals surface area contributed by atoms with Crippen LogP contribution >= 0.6 is 0 Å². The van der Waals surface area contributed by atoms with Gasteiger partial charge in [0, 0.05) is 37.6 Å². The molecule has 2 heterocycles. The fourth-order valence-electron chi connectivity index (χ4n) is 4.67. The Labute approximate surface area is 182 Å². The lowest BCUT2D eigenvalue weighted by Crippen LogP contribution is -2.46. The molecule has 0 unspecified atom stereocenters. The quantitative estimate of drug-likeness (QED) is 0.520. The molecule has 0 bridgehead atoms. The summed E-state index contributed by atoms with van der Waals surface area (Å²) in [5.41, 5.74) is 4.33. The number of benzene rings is 1. The maximum atomic E-state index is 5.55. The zero-order valence-corrected chi connectivity index (χ0v) is 19.6. The molecule has 5 heteroatoms. The first-order chi connectivity index (χ1) is 14.5. The molecule has 168 valence electrons. The van der Waals surface area contributed by atoms with Crippen LogP contribution in [-0.2, 0) is 11.2 Å². The van der Waals surface area contributed by atoms with Gasteiger partial charge in [0.1, 0.15) is 0 Å². The van der Waals surface area contributed by atoms with Gasteiger partial charge in [-0.25, -0.2) is 0 Å². The molecule has 30 heavy (non-hydrogen) atoms. The third-order valence-corrected chi connectivity index (χ3v) is 6.58. The van der Waals surface area contributed by atoms with E-state index in [1.807, 2.05) is 13.2 Å². The highest BCUT2D eigenvalue weighted by molar-refractivity contribution is 5.43. The van der Waals surface area contributed by atoms with Crippen molar-refractivity contribution in [3.8, 4) is 11.5 Å². The summed E-state index contributed by atoms with van der Waals surface area (Å²) in [6.45, 7) is 6.64. The number of ether oxygens (including phenoxy) is 3. The van der Waals surface area contributed by atoms with Crippen LogP contribution in [0.5, 0.6) is 11.5 Å². The minimum atomic E-state index is -0.00223. The van der Waals surface area contributed by atoms with E-state index in [2.05, 4.69) is 36.2 Å². The highest BCUT2D eigenvalue weighted by atomic mass is 16.5. The maximum absolute atomic E-state index is 5.55. The zero-order valence-electron chi connectivity index (χ0n) is 19.6. The molecule has 0 spiro atoms. The van der Waals surface area contributed by atoms with Gasteiger partial charge in [-0.1, -0.05) is 18.9 Å². The second kappa shape index (κ2) is 10.4. The van der Waals surface area contributed by atoms with Crippen molar-refractivity contribution in [2.75, 3.05) is 34.4 Å². The Balaban J connectivity index is 1.57. The highest BCUT2D eigenvalue weighted by Gasteiger charge is 2.29. The number of methoxy groups -OCH3 is 3. The predicted octanol–water partition coefficient (Wildman–Crippen LogP) is 4.90. The summed E-state index contributed by atoms with van der Waals surface area (Å²) < 4.78 is 16.4. The van der Waals surface area contributed by atoms with Gasteiger partial charge in [0.05, 0.1) is 19.8 Å². The smallest absolute Gasteiger partial charge is 0.160 e. The van der Waals surface area contributed by atoms with Crippen LogP contribution in [0.2, 0.25) is 0 Å². The Kier molecular flexibility index (Phi) is 7.93. The second-order valence-corrected chi connectivity index (χ2v) is 9.23. The van der Waals surface area contributed by atoms with E-state index in [-0.39, 0.29) is 5.60 Å². The molecule has 0 saturated carbocycles. The van der Waals surface area contributed by atoms with E-state index in [0.29, 0.717) is 6.04 Å². The highest BCUT2D eigenvalue weighted by Crippen LogP contribution is 2.32. The van der Waals surface area contributed by atoms with Gasteiger partial charge in [-0.2, -0.15) is 0 Å². The van der Waals surface area contributed by atoms with Gasteiger partial charge in [0.25, 0.3) is 0 Å². The maximum Gasteiger partial charge on any atom is 0.160 e. The molecule has 1 N–H and O–H groups in total.